The van der Waals surface area contributed by atoms with Crippen LogP contribution in [0, 0.1) is 6.92 Å². The van der Waals surface area contributed by atoms with Gasteiger partial charge < -0.3 is 35.3 Å². The summed E-state index contributed by atoms with van der Waals surface area (Å²) in [5.41, 5.74) is 0.629. The molecule has 2 atom stereocenters. The van der Waals surface area contributed by atoms with Crippen molar-refractivity contribution in [3.05, 3.63) is 64.1 Å². The molecule has 2 heterocycles. The molecular weight excluding hydrogens is 482 g/mol. The zero-order valence-electron chi connectivity index (χ0n) is 20.7. The molecule has 0 saturated carbocycles. The van der Waals surface area contributed by atoms with E-state index < -0.39 is 35.8 Å². The van der Waals surface area contributed by atoms with Crippen molar-refractivity contribution in [1.29, 1.82) is 0 Å². The number of pyridine rings is 1. The fourth-order valence-electron chi connectivity index (χ4n) is 3.66. The van der Waals surface area contributed by atoms with E-state index in [0.717, 1.165) is 5.56 Å². The van der Waals surface area contributed by atoms with E-state index >= 15 is 0 Å². The molecule has 37 heavy (non-hydrogen) atoms. The highest BCUT2D eigenvalue weighted by Gasteiger charge is 2.27. The minimum absolute atomic E-state index is 0.0451. The number of hydrogen-bond donors (Lipinski definition) is 4. The van der Waals surface area contributed by atoms with Crippen LogP contribution < -0.4 is 26.2 Å². The van der Waals surface area contributed by atoms with E-state index in [-0.39, 0.29) is 50.5 Å². The molecule has 4 amide bonds. The lowest BCUT2D eigenvalue weighted by Crippen LogP contribution is -2.54. The first-order chi connectivity index (χ1) is 17.7. The van der Waals surface area contributed by atoms with E-state index in [1.54, 1.807) is 31.2 Å². The van der Waals surface area contributed by atoms with Crippen molar-refractivity contribution in [2.45, 2.75) is 32.5 Å². The van der Waals surface area contributed by atoms with Crippen LogP contribution >= 0.6 is 0 Å². The number of ether oxygens (including phenoxy) is 1. The largest absolute Gasteiger partial charge is 0.491 e. The lowest BCUT2D eigenvalue weighted by molar-refractivity contribution is -0.136. The van der Waals surface area contributed by atoms with Crippen molar-refractivity contribution in [2.75, 3.05) is 32.8 Å². The number of aliphatic hydroxyl groups excluding tert-OH is 1. The molecule has 0 unspecified atom stereocenters. The fraction of sp³-hybridized carbons (Fsp3) is 0.400. The summed E-state index contributed by atoms with van der Waals surface area (Å²) in [4.78, 5) is 64.3. The number of carbonyl (C=O) groups excluding carboxylic acids is 4. The molecule has 0 radical (unpaired) electrons. The molecule has 4 N–H and O–H groups in total. The number of rotatable bonds is 3. The third-order valence-electron chi connectivity index (χ3n) is 5.76. The quantitative estimate of drug-likeness (QED) is 0.401. The van der Waals surface area contributed by atoms with Crippen LogP contribution in [0.1, 0.15) is 22.8 Å². The average molecular weight is 514 g/mol. The third kappa shape index (κ3) is 7.64. The second kappa shape index (κ2) is 12.7. The minimum Gasteiger partial charge on any atom is -0.491 e. The van der Waals surface area contributed by atoms with E-state index in [4.69, 9.17) is 4.74 Å². The Labute approximate surface area is 213 Å². The topological polar surface area (TPSA) is 159 Å². The molecule has 0 spiro atoms. The SMILES string of the molecule is Cc1ccc2cc1OCCNC(=O)CN(C(=O)Cn1ccccc1=O)CCNC(=O)[C@H]([C@@H](C)O)NC2=O. The van der Waals surface area contributed by atoms with Gasteiger partial charge in [-0.15, -0.1) is 0 Å². The first-order valence-electron chi connectivity index (χ1n) is 11.9. The molecule has 1 aliphatic heterocycles. The Morgan fingerprint density at radius 2 is 1.92 bits per heavy atom. The van der Waals surface area contributed by atoms with Crippen molar-refractivity contribution in [3.63, 3.8) is 0 Å². The Morgan fingerprint density at radius 3 is 2.65 bits per heavy atom. The van der Waals surface area contributed by atoms with Crippen molar-refractivity contribution in [2.24, 2.45) is 0 Å². The standard InChI is InChI=1S/C25H31N5O7/c1-16-6-7-18-13-19(16)37-12-9-26-20(32)14-30(22(34)15-29-10-4-3-5-21(29)33)11-8-27-25(36)23(17(2)31)28-24(18)35/h3-7,10,13,17,23,31H,8-9,11-12,14-15H2,1-2H3,(H,26,32)(H,27,36)(H,28,35)/t17-,23+/m1/s1. The normalized spacial score (nSPS) is 18.5. The van der Waals surface area contributed by atoms with E-state index in [9.17, 15) is 29.1 Å². The summed E-state index contributed by atoms with van der Waals surface area (Å²) in [6.07, 6.45) is 0.256. The molecule has 198 valence electrons. The second-order valence-electron chi connectivity index (χ2n) is 8.64. The lowest BCUT2D eigenvalue weighted by Gasteiger charge is -2.24. The first-order valence-corrected chi connectivity index (χ1v) is 11.9. The highest BCUT2D eigenvalue weighted by molar-refractivity contribution is 5.98. The van der Waals surface area contributed by atoms with Crippen LogP contribution in [0.3, 0.4) is 0 Å². The molecule has 3 rings (SSSR count). The number of nitrogens with one attached hydrogen (secondary N) is 3. The Hall–Kier alpha value is -4.19. The van der Waals surface area contributed by atoms with Gasteiger partial charge in [-0.05, 0) is 37.6 Å². The highest BCUT2D eigenvalue weighted by atomic mass is 16.5. The van der Waals surface area contributed by atoms with Crippen LogP contribution in [-0.2, 0) is 20.9 Å². The highest BCUT2D eigenvalue weighted by Crippen LogP contribution is 2.19. The van der Waals surface area contributed by atoms with Crippen LogP contribution in [0.4, 0.5) is 0 Å². The van der Waals surface area contributed by atoms with Crippen molar-refractivity contribution in [1.82, 2.24) is 25.4 Å². The predicted octanol–water partition coefficient (Wildman–Crippen LogP) is -1.21. The number of carbonyl (C=O) groups is 4. The molecule has 12 nitrogen and oxygen atoms in total. The molecule has 0 saturated heterocycles. The van der Waals surface area contributed by atoms with Crippen LogP contribution in [0.25, 0.3) is 0 Å². The zero-order chi connectivity index (χ0) is 26.9. The van der Waals surface area contributed by atoms with Gasteiger partial charge in [0, 0.05) is 30.9 Å². The van der Waals surface area contributed by atoms with E-state index in [1.807, 2.05) is 0 Å². The van der Waals surface area contributed by atoms with Gasteiger partial charge in [0.25, 0.3) is 11.5 Å². The fourth-order valence-corrected chi connectivity index (χ4v) is 3.66. The van der Waals surface area contributed by atoms with Gasteiger partial charge in [-0.25, -0.2) is 0 Å². The van der Waals surface area contributed by atoms with Crippen molar-refractivity contribution >= 4 is 23.6 Å². The Bertz CT molecular complexity index is 1210. The Morgan fingerprint density at radius 1 is 1.14 bits per heavy atom. The van der Waals surface area contributed by atoms with Gasteiger partial charge in [0.15, 0.2) is 0 Å². The molecular formula is C25H31N5O7. The maximum absolute atomic E-state index is 12.9. The van der Waals surface area contributed by atoms with Crippen LogP contribution in [-0.4, -0.2) is 83.1 Å². The summed E-state index contributed by atoms with van der Waals surface area (Å²) in [5.74, 6) is -1.76. The molecule has 1 aromatic carbocycles. The number of nitrogens with zero attached hydrogens (tertiary/aromatic N) is 2. The van der Waals surface area contributed by atoms with Crippen LogP contribution in [0.5, 0.6) is 5.75 Å². The second-order valence-corrected chi connectivity index (χ2v) is 8.64. The molecule has 2 bridgehead atoms. The molecule has 0 fully saturated rings. The first kappa shape index (κ1) is 27.4. The Balaban J connectivity index is 1.80. The predicted molar refractivity (Wildman–Crippen MR) is 133 cm³/mol. The smallest absolute Gasteiger partial charge is 0.252 e. The van der Waals surface area contributed by atoms with E-state index in [0.29, 0.717) is 5.75 Å². The molecule has 1 aromatic heterocycles. The third-order valence-corrected chi connectivity index (χ3v) is 5.76. The minimum atomic E-state index is -1.26. The number of hydrogen-bond acceptors (Lipinski definition) is 7. The van der Waals surface area contributed by atoms with Gasteiger partial charge >= 0.3 is 0 Å². The maximum Gasteiger partial charge on any atom is 0.252 e. The number of fused-ring (bicyclic) bond motifs is 2. The van der Waals surface area contributed by atoms with Gasteiger partial charge in [-0.3, -0.25) is 24.0 Å². The molecule has 12 heteroatoms. The summed E-state index contributed by atoms with van der Waals surface area (Å²) in [6, 6.07) is 8.01. The maximum atomic E-state index is 12.9. The van der Waals surface area contributed by atoms with Gasteiger partial charge in [0.05, 0.1) is 19.2 Å². The molecule has 1 aliphatic rings. The monoisotopic (exact) mass is 513 g/mol. The summed E-state index contributed by atoms with van der Waals surface area (Å²) in [5, 5.41) is 17.9. The van der Waals surface area contributed by atoms with Crippen molar-refractivity contribution < 1.29 is 29.0 Å². The van der Waals surface area contributed by atoms with Gasteiger partial charge in [0.1, 0.15) is 24.9 Å². The van der Waals surface area contributed by atoms with Crippen LogP contribution in [0.15, 0.2) is 47.4 Å². The Kier molecular flexibility index (Phi) is 9.39. The van der Waals surface area contributed by atoms with E-state index in [2.05, 4.69) is 16.0 Å². The summed E-state index contributed by atoms with van der Waals surface area (Å²) in [6.45, 7) is 2.73. The van der Waals surface area contributed by atoms with Gasteiger partial charge in [0.2, 0.25) is 17.7 Å². The molecule has 2 aromatic rings. The average Bonchev–Trinajstić information content (AvgIpc) is 2.86. The number of amides is 4. The van der Waals surface area contributed by atoms with Gasteiger partial charge in [-0.1, -0.05) is 12.1 Å². The number of aryl methyl sites for hydroxylation is 1. The lowest BCUT2D eigenvalue weighted by atomic mass is 10.1. The summed E-state index contributed by atoms with van der Waals surface area (Å²) in [7, 11) is 0. The summed E-state index contributed by atoms with van der Waals surface area (Å²) < 4.78 is 6.93. The number of benzene rings is 1. The van der Waals surface area contributed by atoms with Gasteiger partial charge in [-0.2, -0.15) is 0 Å². The zero-order valence-corrected chi connectivity index (χ0v) is 20.7. The number of aliphatic hydroxyl groups is 1. The van der Waals surface area contributed by atoms with Crippen molar-refractivity contribution in [3.8, 4) is 5.75 Å². The van der Waals surface area contributed by atoms with E-state index in [1.165, 1.54) is 34.7 Å². The molecule has 0 aliphatic carbocycles. The van der Waals surface area contributed by atoms with Crippen LogP contribution in [0.2, 0.25) is 0 Å². The summed E-state index contributed by atoms with van der Waals surface area (Å²) >= 11 is 0. The number of aromatic nitrogens is 1.